The molecule has 1 saturated heterocycles. The van der Waals surface area contributed by atoms with Crippen LogP contribution in [0.5, 0.6) is 0 Å². The Balaban J connectivity index is 2.13. The van der Waals surface area contributed by atoms with E-state index in [9.17, 15) is 4.79 Å². The molecule has 0 radical (unpaired) electrons. The first-order valence-corrected chi connectivity index (χ1v) is 6.82. The average Bonchev–Trinajstić information content (AvgIpc) is 2.92. The van der Waals surface area contributed by atoms with Crippen LogP contribution in [0.1, 0.15) is 36.0 Å². The molecule has 0 aliphatic carbocycles. The number of rotatable bonds is 5. The maximum Gasteiger partial charge on any atom is 0.257 e. The summed E-state index contributed by atoms with van der Waals surface area (Å²) in [5.41, 5.74) is 0.626. The summed E-state index contributed by atoms with van der Waals surface area (Å²) in [6, 6.07) is 3.85. The van der Waals surface area contributed by atoms with Gasteiger partial charge in [-0.05, 0) is 37.8 Å². The van der Waals surface area contributed by atoms with Gasteiger partial charge < -0.3 is 15.3 Å². The number of nitrogens with one attached hydrogen (secondary N) is 1. The number of likely N-dealkylation sites (tertiary alicyclic amines) is 1. The molecule has 1 aliphatic rings. The van der Waals surface area contributed by atoms with Crippen LogP contribution in [0.4, 0.5) is 5.82 Å². The van der Waals surface area contributed by atoms with Gasteiger partial charge in [0.2, 0.25) is 0 Å². The highest BCUT2D eigenvalue weighted by Gasteiger charge is 2.30. The predicted octanol–water partition coefficient (Wildman–Crippen LogP) is 1.50. The molecule has 1 atom stereocenters. The third-order valence-corrected chi connectivity index (χ3v) is 3.61. The van der Waals surface area contributed by atoms with Crippen molar-refractivity contribution in [2.45, 2.75) is 31.7 Å². The lowest BCUT2D eigenvalue weighted by atomic mass is 10.1. The lowest BCUT2D eigenvalue weighted by molar-refractivity contribution is 0.0725. The van der Waals surface area contributed by atoms with Crippen molar-refractivity contribution in [3.8, 4) is 0 Å². The smallest absolute Gasteiger partial charge is 0.257 e. The first-order chi connectivity index (χ1) is 9.27. The van der Waals surface area contributed by atoms with Crippen LogP contribution < -0.4 is 5.32 Å². The Kier molecular flexibility index (Phi) is 4.74. The van der Waals surface area contributed by atoms with Gasteiger partial charge in [-0.1, -0.05) is 0 Å². The molecule has 0 aromatic carbocycles. The van der Waals surface area contributed by atoms with E-state index in [1.807, 2.05) is 11.0 Å². The van der Waals surface area contributed by atoms with Crippen LogP contribution >= 0.6 is 0 Å². The molecule has 0 bridgehead atoms. The first-order valence-electron chi connectivity index (χ1n) is 6.82. The molecule has 0 saturated carbocycles. The number of hydrogen-bond donors (Lipinski definition) is 2. The molecule has 1 fully saturated rings. The highest BCUT2D eigenvalue weighted by atomic mass is 16.3. The SMILES string of the molecule is CNc1ncccc1C(=O)N1CCCC1CCCO. The Morgan fingerprint density at radius 3 is 3.21 bits per heavy atom. The molecule has 2 N–H and O–H groups in total. The minimum atomic E-state index is 0.0397. The largest absolute Gasteiger partial charge is 0.396 e. The van der Waals surface area contributed by atoms with Crippen LogP contribution in [0.3, 0.4) is 0 Å². The molecule has 1 amide bonds. The van der Waals surface area contributed by atoms with E-state index in [4.69, 9.17) is 5.11 Å². The van der Waals surface area contributed by atoms with E-state index >= 15 is 0 Å². The van der Waals surface area contributed by atoms with E-state index in [-0.39, 0.29) is 18.6 Å². The maximum absolute atomic E-state index is 12.6. The Morgan fingerprint density at radius 1 is 1.63 bits per heavy atom. The van der Waals surface area contributed by atoms with Gasteiger partial charge in [0, 0.05) is 32.4 Å². The highest BCUT2D eigenvalue weighted by molar-refractivity contribution is 5.99. The van der Waals surface area contributed by atoms with Gasteiger partial charge in [-0.2, -0.15) is 0 Å². The summed E-state index contributed by atoms with van der Waals surface area (Å²) in [5, 5.41) is 11.9. The maximum atomic E-state index is 12.6. The van der Waals surface area contributed by atoms with E-state index in [0.29, 0.717) is 11.4 Å². The van der Waals surface area contributed by atoms with E-state index in [0.717, 1.165) is 32.2 Å². The predicted molar refractivity (Wildman–Crippen MR) is 74.2 cm³/mol. The molecule has 5 nitrogen and oxygen atoms in total. The van der Waals surface area contributed by atoms with Crippen LogP contribution in [0.15, 0.2) is 18.3 Å². The fraction of sp³-hybridized carbons (Fsp3) is 0.571. The van der Waals surface area contributed by atoms with Crippen molar-refractivity contribution < 1.29 is 9.90 Å². The third-order valence-electron chi connectivity index (χ3n) is 3.61. The Morgan fingerprint density at radius 2 is 2.47 bits per heavy atom. The molecule has 0 spiro atoms. The van der Waals surface area contributed by atoms with Crippen molar-refractivity contribution in [2.75, 3.05) is 25.5 Å². The first kappa shape index (κ1) is 13.8. The topological polar surface area (TPSA) is 65.5 Å². The van der Waals surface area contributed by atoms with E-state index in [2.05, 4.69) is 10.3 Å². The fourth-order valence-electron chi connectivity index (χ4n) is 2.66. The number of aromatic nitrogens is 1. The number of anilines is 1. The lowest BCUT2D eigenvalue weighted by Gasteiger charge is -2.25. The molecule has 1 aromatic heterocycles. The lowest BCUT2D eigenvalue weighted by Crippen LogP contribution is -2.36. The van der Waals surface area contributed by atoms with Crippen LogP contribution in [0, 0.1) is 0 Å². The quantitative estimate of drug-likeness (QED) is 0.845. The Bertz CT molecular complexity index is 436. The Labute approximate surface area is 113 Å². The molecular weight excluding hydrogens is 242 g/mol. The molecule has 104 valence electrons. The van der Waals surface area contributed by atoms with Gasteiger partial charge in [0.15, 0.2) is 0 Å². The average molecular weight is 263 g/mol. The number of aliphatic hydroxyl groups is 1. The van der Waals surface area contributed by atoms with E-state index in [1.54, 1.807) is 19.3 Å². The number of nitrogens with zero attached hydrogens (tertiary/aromatic N) is 2. The van der Waals surface area contributed by atoms with Crippen LogP contribution in [-0.2, 0) is 0 Å². The van der Waals surface area contributed by atoms with Crippen molar-refractivity contribution in [3.63, 3.8) is 0 Å². The molecule has 2 heterocycles. The van der Waals surface area contributed by atoms with Crippen molar-refractivity contribution in [2.24, 2.45) is 0 Å². The number of carbonyl (C=O) groups excluding carboxylic acids is 1. The second-order valence-electron chi connectivity index (χ2n) is 4.81. The van der Waals surface area contributed by atoms with Gasteiger partial charge in [0.05, 0.1) is 5.56 Å². The monoisotopic (exact) mass is 263 g/mol. The van der Waals surface area contributed by atoms with Crippen molar-refractivity contribution in [1.29, 1.82) is 0 Å². The molecule has 1 aromatic rings. The van der Waals surface area contributed by atoms with Gasteiger partial charge in [-0.15, -0.1) is 0 Å². The van der Waals surface area contributed by atoms with Gasteiger partial charge in [-0.25, -0.2) is 4.98 Å². The van der Waals surface area contributed by atoms with Crippen LogP contribution in [0.2, 0.25) is 0 Å². The van der Waals surface area contributed by atoms with Gasteiger partial charge in [-0.3, -0.25) is 4.79 Å². The zero-order valence-corrected chi connectivity index (χ0v) is 11.3. The number of amides is 1. The van der Waals surface area contributed by atoms with Gasteiger partial charge in [0.25, 0.3) is 5.91 Å². The molecule has 1 aliphatic heterocycles. The summed E-state index contributed by atoms with van der Waals surface area (Å²) in [4.78, 5) is 18.7. The summed E-state index contributed by atoms with van der Waals surface area (Å²) >= 11 is 0. The second-order valence-corrected chi connectivity index (χ2v) is 4.81. The van der Waals surface area contributed by atoms with Crippen molar-refractivity contribution in [1.82, 2.24) is 9.88 Å². The number of aliphatic hydroxyl groups excluding tert-OH is 1. The Hall–Kier alpha value is -1.62. The van der Waals surface area contributed by atoms with Crippen LogP contribution in [-0.4, -0.2) is 47.1 Å². The van der Waals surface area contributed by atoms with E-state index in [1.165, 1.54) is 0 Å². The summed E-state index contributed by atoms with van der Waals surface area (Å²) < 4.78 is 0. The number of hydrogen-bond acceptors (Lipinski definition) is 4. The molecular formula is C14H21N3O2. The van der Waals surface area contributed by atoms with Crippen LogP contribution in [0.25, 0.3) is 0 Å². The minimum absolute atomic E-state index is 0.0397. The summed E-state index contributed by atoms with van der Waals surface area (Å²) in [5.74, 6) is 0.665. The molecule has 5 heteroatoms. The third kappa shape index (κ3) is 3.04. The second kappa shape index (κ2) is 6.52. The summed E-state index contributed by atoms with van der Waals surface area (Å²) in [6.45, 7) is 0.986. The molecule has 19 heavy (non-hydrogen) atoms. The summed E-state index contributed by atoms with van der Waals surface area (Å²) in [7, 11) is 1.77. The van der Waals surface area contributed by atoms with Gasteiger partial charge in [0.1, 0.15) is 5.82 Å². The van der Waals surface area contributed by atoms with Gasteiger partial charge >= 0.3 is 0 Å². The molecule has 1 unspecified atom stereocenters. The number of pyridine rings is 1. The normalized spacial score (nSPS) is 18.6. The summed E-state index contributed by atoms with van der Waals surface area (Å²) in [6.07, 6.45) is 5.37. The van der Waals surface area contributed by atoms with Crippen molar-refractivity contribution in [3.05, 3.63) is 23.9 Å². The zero-order valence-electron chi connectivity index (χ0n) is 11.3. The van der Waals surface area contributed by atoms with E-state index < -0.39 is 0 Å². The standard InChI is InChI=1S/C14H21N3O2/c1-15-13-12(7-2-8-16-13)14(19)17-9-3-5-11(17)6-4-10-18/h2,7-8,11,18H,3-6,9-10H2,1H3,(H,15,16). The number of carbonyl (C=O) groups is 1. The zero-order chi connectivity index (χ0) is 13.7. The minimum Gasteiger partial charge on any atom is -0.396 e. The molecule has 2 rings (SSSR count). The van der Waals surface area contributed by atoms with Crippen molar-refractivity contribution >= 4 is 11.7 Å². The highest BCUT2D eigenvalue weighted by Crippen LogP contribution is 2.25. The fourth-order valence-corrected chi connectivity index (χ4v) is 2.66.